The van der Waals surface area contributed by atoms with Crippen LogP contribution in [0.15, 0.2) is 40.8 Å². The van der Waals surface area contributed by atoms with Gasteiger partial charge in [0.2, 0.25) is 11.7 Å². The number of hydrogen-bond acceptors (Lipinski definition) is 4. The molecular formula is C15H4F17NaO4S. The summed E-state index contributed by atoms with van der Waals surface area (Å²) in [5, 5.41) is 0. The standard InChI is InChI=1S/C15H5F17O4S.Na/c16-7(8(17)10(20,21)22)9(18,19)11(23,24)12(25,26)13(27,28)14(29,30)15(31,32)36-5-3-1-2-4-6(5)37(33,34)35;/h1-4H,(H,33,34,35);/q;+1/p-1/b8-7+;. The normalized spacial score (nSPS) is 15.5. The van der Waals surface area contributed by atoms with Gasteiger partial charge >= 0.3 is 71.5 Å². The number of hydrogen-bond donors (Lipinski definition) is 0. The van der Waals surface area contributed by atoms with Crippen molar-refractivity contribution < 1.29 is 122 Å². The van der Waals surface area contributed by atoms with E-state index >= 15 is 0 Å². The molecule has 0 radical (unpaired) electrons. The van der Waals surface area contributed by atoms with Gasteiger partial charge in [-0.1, -0.05) is 12.1 Å². The van der Waals surface area contributed by atoms with Crippen LogP contribution in [0.5, 0.6) is 5.75 Å². The number of benzene rings is 1. The number of halogens is 17. The predicted octanol–water partition coefficient (Wildman–Crippen LogP) is 3.46. The molecule has 1 rings (SSSR count). The smallest absolute Gasteiger partial charge is 0.744 e. The molecule has 0 N–H and O–H groups in total. The molecule has 0 bridgehead atoms. The molecule has 0 amide bonds. The van der Waals surface area contributed by atoms with E-state index in [0.29, 0.717) is 12.1 Å². The second kappa shape index (κ2) is 10.5. The van der Waals surface area contributed by atoms with E-state index in [9.17, 15) is 87.6 Å². The molecule has 0 aliphatic heterocycles. The topological polar surface area (TPSA) is 66.4 Å². The van der Waals surface area contributed by atoms with Gasteiger partial charge in [0.15, 0.2) is 0 Å². The van der Waals surface area contributed by atoms with E-state index < -0.39 is 74.3 Å². The van der Waals surface area contributed by atoms with Gasteiger partial charge in [-0.05, 0) is 12.1 Å². The monoisotopic (exact) mass is 626 g/mol. The molecule has 4 nitrogen and oxygen atoms in total. The quantitative estimate of drug-likeness (QED) is 0.240. The fraction of sp³-hybridized carbons (Fsp3) is 0.467. The van der Waals surface area contributed by atoms with Crippen molar-refractivity contribution in [3.63, 3.8) is 0 Å². The predicted molar refractivity (Wildman–Crippen MR) is 80.0 cm³/mol. The van der Waals surface area contributed by atoms with Crippen molar-refractivity contribution in [2.45, 2.75) is 46.8 Å². The summed E-state index contributed by atoms with van der Waals surface area (Å²) in [5.74, 6) is -54.2. The molecule has 1 aromatic rings. The third-order valence-electron chi connectivity index (χ3n) is 4.02. The number of allylic oxidation sites excluding steroid dienone is 2. The Hall–Kier alpha value is -1.52. The SMILES string of the molecule is O=S(=O)([O-])c1ccccc1OC(F)(F)C(F)(F)C(F)(F)C(F)(F)C(F)(F)C(F)(F)/C(F)=C(\F)C(F)(F)F.[Na+]. The van der Waals surface area contributed by atoms with E-state index in [1.807, 2.05) is 0 Å². The van der Waals surface area contributed by atoms with E-state index in [4.69, 9.17) is 0 Å². The van der Waals surface area contributed by atoms with Crippen LogP contribution in [0.2, 0.25) is 0 Å². The van der Waals surface area contributed by atoms with Gasteiger partial charge in [-0.25, -0.2) is 12.8 Å². The van der Waals surface area contributed by atoms with Crippen LogP contribution in [0, 0.1) is 0 Å². The van der Waals surface area contributed by atoms with E-state index in [1.54, 1.807) is 0 Å². The van der Waals surface area contributed by atoms with Crippen molar-refractivity contribution in [3.8, 4) is 5.75 Å². The Morgan fingerprint density at radius 1 is 0.658 bits per heavy atom. The molecule has 38 heavy (non-hydrogen) atoms. The first-order valence-electron chi connectivity index (χ1n) is 8.15. The van der Waals surface area contributed by atoms with Gasteiger partial charge in [-0.15, -0.1) is 0 Å². The van der Waals surface area contributed by atoms with Crippen molar-refractivity contribution >= 4 is 10.1 Å². The van der Waals surface area contributed by atoms with Crippen LogP contribution in [-0.2, 0) is 10.1 Å². The Morgan fingerprint density at radius 3 is 1.45 bits per heavy atom. The van der Waals surface area contributed by atoms with Crippen LogP contribution in [-0.4, -0.2) is 54.9 Å². The molecule has 0 spiro atoms. The summed E-state index contributed by atoms with van der Waals surface area (Å²) in [6.07, 6.45) is -14.3. The van der Waals surface area contributed by atoms with E-state index in [-0.39, 0.29) is 41.7 Å². The first kappa shape index (κ1) is 36.5. The van der Waals surface area contributed by atoms with Crippen LogP contribution in [0.4, 0.5) is 74.6 Å². The summed E-state index contributed by atoms with van der Waals surface area (Å²) >= 11 is 0. The zero-order chi connectivity index (χ0) is 29.8. The summed E-state index contributed by atoms with van der Waals surface area (Å²) in [6.45, 7) is 0. The summed E-state index contributed by atoms with van der Waals surface area (Å²) in [5.41, 5.74) is 0. The second-order valence-electron chi connectivity index (χ2n) is 6.52. The van der Waals surface area contributed by atoms with Crippen LogP contribution in [0.25, 0.3) is 0 Å². The van der Waals surface area contributed by atoms with Gasteiger partial charge in [-0.2, -0.15) is 70.2 Å². The van der Waals surface area contributed by atoms with Crippen LogP contribution >= 0.6 is 0 Å². The van der Waals surface area contributed by atoms with Gasteiger partial charge in [0.05, 0.1) is 4.90 Å². The average Bonchev–Trinajstić information content (AvgIpc) is 2.70. The molecule has 214 valence electrons. The molecule has 23 heteroatoms. The minimum Gasteiger partial charge on any atom is -0.744 e. The van der Waals surface area contributed by atoms with Gasteiger partial charge in [0, 0.05) is 0 Å². The molecule has 0 saturated carbocycles. The average molecular weight is 626 g/mol. The molecule has 0 atom stereocenters. The maximum absolute atomic E-state index is 13.8. The first-order chi connectivity index (χ1) is 16.0. The second-order valence-corrected chi connectivity index (χ2v) is 7.87. The van der Waals surface area contributed by atoms with Crippen LogP contribution < -0.4 is 34.3 Å². The molecule has 0 aromatic heterocycles. The van der Waals surface area contributed by atoms with Crippen LogP contribution in [0.1, 0.15) is 0 Å². The van der Waals surface area contributed by atoms with Crippen LogP contribution in [0.3, 0.4) is 0 Å². The van der Waals surface area contributed by atoms with E-state index in [0.717, 1.165) is 0 Å². The van der Waals surface area contributed by atoms with Gasteiger partial charge < -0.3 is 9.29 Å². The molecule has 0 saturated heterocycles. The number of para-hydroxylation sites is 1. The fourth-order valence-corrected chi connectivity index (χ4v) is 2.72. The van der Waals surface area contributed by atoms with Gasteiger partial charge in [0.1, 0.15) is 15.9 Å². The van der Waals surface area contributed by atoms with Crippen molar-refractivity contribution in [2.24, 2.45) is 0 Å². The fourth-order valence-electron chi connectivity index (χ4n) is 2.12. The van der Waals surface area contributed by atoms with Gasteiger partial charge in [0.25, 0.3) is 0 Å². The Morgan fingerprint density at radius 2 is 1.05 bits per heavy atom. The molecular weight excluding hydrogens is 622 g/mol. The first-order valence-corrected chi connectivity index (χ1v) is 9.56. The molecule has 0 heterocycles. The summed E-state index contributed by atoms with van der Waals surface area (Å²) in [7, 11) is -5.97. The van der Waals surface area contributed by atoms with E-state index in [2.05, 4.69) is 4.74 Å². The zero-order valence-corrected chi connectivity index (χ0v) is 20.1. The maximum Gasteiger partial charge on any atom is 1.00 e. The van der Waals surface area contributed by atoms with E-state index in [1.165, 1.54) is 0 Å². The minimum atomic E-state index is -8.63. The number of alkyl halides is 15. The molecule has 0 unspecified atom stereocenters. The third kappa shape index (κ3) is 5.82. The van der Waals surface area contributed by atoms with Crippen molar-refractivity contribution in [3.05, 3.63) is 35.9 Å². The Bertz CT molecular complexity index is 1160. The summed E-state index contributed by atoms with van der Waals surface area (Å²) < 4.78 is 260. The van der Waals surface area contributed by atoms with Gasteiger partial charge in [-0.3, -0.25) is 0 Å². The largest absolute Gasteiger partial charge is 1.00 e. The number of ether oxygens (including phenoxy) is 1. The van der Waals surface area contributed by atoms with Crippen molar-refractivity contribution in [1.82, 2.24) is 0 Å². The zero-order valence-electron chi connectivity index (χ0n) is 17.3. The molecule has 0 aliphatic rings. The summed E-state index contributed by atoms with van der Waals surface area (Å²) in [6, 6.07) is 0.775. The van der Waals surface area contributed by atoms with Crippen molar-refractivity contribution in [2.75, 3.05) is 0 Å². The minimum absolute atomic E-state index is 0. The maximum atomic E-state index is 13.8. The Balaban J connectivity index is 0.0000137. The third-order valence-corrected chi connectivity index (χ3v) is 4.89. The molecule has 0 fully saturated rings. The Labute approximate surface area is 220 Å². The van der Waals surface area contributed by atoms with Crippen molar-refractivity contribution in [1.29, 1.82) is 0 Å². The Kier molecular flexibility index (Phi) is 10.0. The molecule has 0 aliphatic carbocycles. The number of rotatable bonds is 9. The summed E-state index contributed by atoms with van der Waals surface area (Å²) in [4.78, 5) is -2.03. The molecule has 1 aromatic carbocycles.